The Bertz CT molecular complexity index is 401. The Hall–Kier alpha value is -0.820. The summed E-state index contributed by atoms with van der Waals surface area (Å²) in [5.74, 6) is 0. The maximum Gasteiger partial charge on any atom is 0.0195 e. The van der Waals surface area contributed by atoms with Gasteiger partial charge >= 0.3 is 0 Å². The molecule has 18 heavy (non-hydrogen) atoms. The van der Waals surface area contributed by atoms with E-state index in [-0.39, 0.29) is 5.54 Å². The zero-order valence-corrected chi connectivity index (χ0v) is 12.3. The molecule has 0 unspecified atom stereocenters. The maximum atomic E-state index is 6.61. The molecule has 1 fully saturated rings. The van der Waals surface area contributed by atoms with Gasteiger partial charge in [0.1, 0.15) is 0 Å². The fraction of sp³-hybridized carbons (Fsp3) is 0.647. The molecule has 1 heteroatoms. The molecule has 1 aromatic rings. The molecule has 0 aromatic heterocycles. The average Bonchev–Trinajstić information content (AvgIpc) is 2.22. The highest BCUT2D eigenvalue weighted by Crippen LogP contribution is 2.40. The van der Waals surface area contributed by atoms with Gasteiger partial charge in [-0.25, -0.2) is 0 Å². The van der Waals surface area contributed by atoms with Crippen LogP contribution < -0.4 is 5.73 Å². The van der Waals surface area contributed by atoms with Crippen molar-refractivity contribution in [2.45, 2.75) is 65.3 Å². The minimum Gasteiger partial charge on any atom is -0.325 e. The highest BCUT2D eigenvalue weighted by molar-refractivity contribution is 5.30. The molecule has 1 nitrogen and oxygen atoms in total. The summed E-state index contributed by atoms with van der Waals surface area (Å²) in [6, 6.07) is 6.82. The molecular formula is C17H27N. The first kappa shape index (κ1) is 13.6. The first-order valence-electron chi connectivity index (χ1n) is 7.14. The summed E-state index contributed by atoms with van der Waals surface area (Å²) in [7, 11) is 0. The molecule has 1 aliphatic rings. The summed E-state index contributed by atoms with van der Waals surface area (Å²) in [6.07, 6.45) is 5.87. The molecule has 0 amide bonds. The van der Waals surface area contributed by atoms with Crippen molar-refractivity contribution in [1.82, 2.24) is 0 Å². The fourth-order valence-electron chi connectivity index (χ4n) is 3.18. The third-order valence-corrected chi connectivity index (χ3v) is 4.44. The van der Waals surface area contributed by atoms with Gasteiger partial charge in [0.25, 0.3) is 0 Å². The average molecular weight is 245 g/mol. The molecule has 2 rings (SSSR count). The lowest BCUT2D eigenvalue weighted by atomic mass is 9.68. The largest absolute Gasteiger partial charge is 0.325 e. The van der Waals surface area contributed by atoms with E-state index in [0.717, 1.165) is 19.3 Å². The summed E-state index contributed by atoms with van der Waals surface area (Å²) >= 11 is 0. The Morgan fingerprint density at radius 3 is 1.94 bits per heavy atom. The lowest BCUT2D eigenvalue weighted by Gasteiger charge is -2.41. The van der Waals surface area contributed by atoms with Gasteiger partial charge in [0, 0.05) is 5.54 Å². The Balaban J connectivity index is 2.09. The van der Waals surface area contributed by atoms with Crippen molar-refractivity contribution in [2.24, 2.45) is 11.1 Å². The van der Waals surface area contributed by atoms with E-state index >= 15 is 0 Å². The summed E-state index contributed by atoms with van der Waals surface area (Å²) in [5, 5.41) is 0. The van der Waals surface area contributed by atoms with Gasteiger partial charge in [-0.1, -0.05) is 43.2 Å². The second kappa shape index (κ2) is 4.70. The lowest BCUT2D eigenvalue weighted by molar-refractivity contribution is 0.164. The number of rotatable bonds is 2. The summed E-state index contributed by atoms with van der Waals surface area (Å²) in [4.78, 5) is 0. The van der Waals surface area contributed by atoms with Gasteiger partial charge in [0.2, 0.25) is 0 Å². The van der Waals surface area contributed by atoms with Crippen molar-refractivity contribution in [2.75, 3.05) is 0 Å². The first-order valence-corrected chi connectivity index (χ1v) is 7.14. The van der Waals surface area contributed by atoms with E-state index in [2.05, 4.69) is 45.9 Å². The number of nitrogens with two attached hydrogens (primary N) is 1. The van der Waals surface area contributed by atoms with Gasteiger partial charge in [-0.05, 0) is 56.9 Å². The molecular weight excluding hydrogens is 218 g/mol. The molecule has 1 saturated carbocycles. The van der Waals surface area contributed by atoms with Crippen LogP contribution >= 0.6 is 0 Å². The van der Waals surface area contributed by atoms with E-state index in [1.165, 1.54) is 29.5 Å². The van der Waals surface area contributed by atoms with Crippen LogP contribution in [0.5, 0.6) is 0 Å². The predicted molar refractivity (Wildman–Crippen MR) is 78.8 cm³/mol. The monoisotopic (exact) mass is 245 g/mol. The van der Waals surface area contributed by atoms with Gasteiger partial charge in [-0.3, -0.25) is 0 Å². The first-order chi connectivity index (χ1) is 8.28. The SMILES string of the molecule is Cc1cc(C)cc(CC2(N)CCC(C)(C)CC2)c1. The molecule has 0 bridgehead atoms. The fourth-order valence-corrected chi connectivity index (χ4v) is 3.18. The molecule has 0 atom stereocenters. The molecule has 1 aliphatic carbocycles. The molecule has 1 aromatic carbocycles. The number of benzene rings is 1. The summed E-state index contributed by atoms with van der Waals surface area (Å²) in [5.41, 5.74) is 11.2. The van der Waals surface area contributed by atoms with Gasteiger partial charge in [-0.2, -0.15) is 0 Å². The van der Waals surface area contributed by atoms with E-state index in [4.69, 9.17) is 5.73 Å². The van der Waals surface area contributed by atoms with Crippen LogP contribution in [0.2, 0.25) is 0 Å². The van der Waals surface area contributed by atoms with Crippen molar-refractivity contribution in [3.63, 3.8) is 0 Å². The summed E-state index contributed by atoms with van der Waals surface area (Å²) < 4.78 is 0. The number of hydrogen-bond acceptors (Lipinski definition) is 1. The quantitative estimate of drug-likeness (QED) is 0.832. The Morgan fingerprint density at radius 1 is 0.944 bits per heavy atom. The predicted octanol–water partition coefficient (Wildman–Crippen LogP) is 4.14. The molecule has 0 saturated heterocycles. The Morgan fingerprint density at radius 2 is 1.44 bits per heavy atom. The van der Waals surface area contributed by atoms with Gasteiger partial charge in [0.15, 0.2) is 0 Å². The number of aryl methyl sites for hydroxylation is 2. The van der Waals surface area contributed by atoms with E-state index in [0.29, 0.717) is 5.41 Å². The van der Waals surface area contributed by atoms with Crippen LogP contribution in [0.15, 0.2) is 18.2 Å². The normalized spacial score (nSPS) is 21.8. The zero-order chi connectivity index (χ0) is 13.4. The van der Waals surface area contributed by atoms with Crippen LogP contribution in [0.1, 0.15) is 56.2 Å². The third kappa shape index (κ3) is 3.35. The third-order valence-electron chi connectivity index (χ3n) is 4.44. The van der Waals surface area contributed by atoms with Gasteiger partial charge in [0.05, 0.1) is 0 Å². The van der Waals surface area contributed by atoms with Crippen LogP contribution in [0.25, 0.3) is 0 Å². The zero-order valence-electron chi connectivity index (χ0n) is 12.3. The summed E-state index contributed by atoms with van der Waals surface area (Å²) in [6.45, 7) is 9.07. The smallest absolute Gasteiger partial charge is 0.0195 e. The minimum absolute atomic E-state index is 0.0236. The van der Waals surface area contributed by atoms with Crippen molar-refractivity contribution in [3.05, 3.63) is 34.9 Å². The molecule has 2 N–H and O–H groups in total. The molecule has 0 spiro atoms. The lowest BCUT2D eigenvalue weighted by Crippen LogP contribution is -2.46. The van der Waals surface area contributed by atoms with Crippen molar-refractivity contribution < 1.29 is 0 Å². The highest BCUT2D eigenvalue weighted by Gasteiger charge is 2.35. The number of hydrogen-bond donors (Lipinski definition) is 1. The second-order valence-electron chi connectivity index (χ2n) is 7.20. The topological polar surface area (TPSA) is 26.0 Å². The minimum atomic E-state index is 0.0236. The maximum absolute atomic E-state index is 6.61. The van der Waals surface area contributed by atoms with Gasteiger partial charge < -0.3 is 5.73 Å². The van der Waals surface area contributed by atoms with Crippen LogP contribution in [0.3, 0.4) is 0 Å². The van der Waals surface area contributed by atoms with Crippen molar-refractivity contribution in [3.8, 4) is 0 Å². The molecule has 0 radical (unpaired) electrons. The molecule has 0 heterocycles. The second-order valence-corrected chi connectivity index (χ2v) is 7.20. The molecule has 100 valence electrons. The van der Waals surface area contributed by atoms with E-state index in [1.54, 1.807) is 0 Å². The Kier molecular flexibility index (Phi) is 3.55. The highest BCUT2D eigenvalue weighted by atomic mass is 14.7. The van der Waals surface area contributed by atoms with Crippen LogP contribution in [-0.4, -0.2) is 5.54 Å². The van der Waals surface area contributed by atoms with E-state index in [1.807, 2.05) is 0 Å². The standard InChI is InChI=1S/C17H27N/c1-13-9-14(2)11-15(10-13)12-17(18)7-5-16(3,4)6-8-17/h9-11H,5-8,12,18H2,1-4H3. The Labute approximate surface area is 112 Å². The molecule has 0 aliphatic heterocycles. The van der Waals surface area contributed by atoms with Crippen LogP contribution in [-0.2, 0) is 6.42 Å². The van der Waals surface area contributed by atoms with Gasteiger partial charge in [-0.15, -0.1) is 0 Å². The van der Waals surface area contributed by atoms with Crippen molar-refractivity contribution >= 4 is 0 Å². The van der Waals surface area contributed by atoms with Crippen molar-refractivity contribution in [1.29, 1.82) is 0 Å². The van der Waals surface area contributed by atoms with Crippen LogP contribution in [0.4, 0.5) is 0 Å². The van der Waals surface area contributed by atoms with E-state index in [9.17, 15) is 0 Å². The van der Waals surface area contributed by atoms with E-state index < -0.39 is 0 Å². The van der Waals surface area contributed by atoms with Crippen LogP contribution in [0, 0.1) is 19.3 Å².